The van der Waals surface area contributed by atoms with E-state index in [1.54, 1.807) is 16.7 Å². The van der Waals surface area contributed by atoms with Crippen LogP contribution in [0.15, 0.2) is 83.3 Å². The molecule has 3 aromatic rings. The molecule has 0 radical (unpaired) electrons. The van der Waals surface area contributed by atoms with Crippen LogP contribution in [-0.2, 0) is 28.3 Å². The van der Waals surface area contributed by atoms with E-state index in [-0.39, 0.29) is 11.8 Å². The lowest BCUT2D eigenvalue weighted by atomic mass is 10.0. The molecule has 3 rings (SSSR count). The van der Waals surface area contributed by atoms with Crippen molar-refractivity contribution in [3.63, 3.8) is 0 Å². The van der Waals surface area contributed by atoms with Crippen LogP contribution in [-0.4, -0.2) is 35.1 Å². The van der Waals surface area contributed by atoms with Crippen molar-refractivity contribution >= 4 is 39.5 Å². The van der Waals surface area contributed by atoms with E-state index in [1.165, 1.54) is 5.56 Å². The van der Waals surface area contributed by atoms with E-state index in [4.69, 9.17) is 0 Å². The van der Waals surface area contributed by atoms with Crippen molar-refractivity contribution in [2.45, 2.75) is 51.4 Å². The van der Waals surface area contributed by atoms with Gasteiger partial charge in [0.15, 0.2) is 0 Å². The zero-order valence-corrected chi connectivity index (χ0v) is 23.5. The minimum absolute atomic E-state index is 0.0230. The number of nitrogens with one attached hydrogen (secondary N) is 1. The molecule has 6 heteroatoms. The highest BCUT2D eigenvalue weighted by molar-refractivity contribution is 9.10. The van der Waals surface area contributed by atoms with Gasteiger partial charge in [0.05, 0.1) is 5.75 Å². The maximum absolute atomic E-state index is 13.7. The highest BCUT2D eigenvalue weighted by atomic mass is 79.9. The molecule has 36 heavy (non-hydrogen) atoms. The lowest BCUT2D eigenvalue weighted by Crippen LogP contribution is -2.51. The fourth-order valence-corrected chi connectivity index (χ4v) is 5.12. The number of aryl methyl sites for hydroxylation is 1. The molecule has 0 aliphatic heterocycles. The normalized spacial score (nSPS) is 11.6. The van der Waals surface area contributed by atoms with Gasteiger partial charge in [-0.2, -0.15) is 0 Å². The first-order valence-electron chi connectivity index (χ1n) is 12.4. The summed E-state index contributed by atoms with van der Waals surface area (Å²) in [4.78, 5) is 28.9. The molecule has 0 spiro atoms. The monoisotopic (exact) mass is 566 g/mol. The summed E-state index contributed by atoms with van der Waals surface area (Å²) >= 11 is 5.05. The molecule has 0 heterocycles. The lowest BCUT2D eigenvalue weighted by molar-refractivity contribution is -0.139. The molecule has 0 aliphatic carbocycles. The van der Waals surface area contributed by atoms with Crippen LogP contribution in [0.4, 0.5) is 0 Å². The minimum Gasteiger partial charge on any atom is -0.354 e. The van der Waals surface area contributed by atoms with Crippen LogP contribution in [0.5, 0.6) is 0 Å². The maximum atomic E-state index is 13.7. The molecular formula is C30H35BrN2O2S. The van der Waals surface area contributed by atoms with Crippen molar-refractivity contribution in [3.05, 3.63) is 106 Å². The largest absolute Gasteiger partial charge is 0.354 e. The van der Waals surface area contributed by atoms with Crippen molar-refractivity contribution < 1.29 is 9.59 Å². The van der Waals surface area contributed by atoms with Crippen LogP contribution in [0, 0.1) is 6.92 Å². The number of hydrogen-bond donors (Lipinski definition) is 1. The van der Waals surface area contributed by atoms with Gasteiger partial charge in [-0.05, 0) is 42.2 Å². The average Bonchev–Trinajstić information content (AvgIpc) is 2.88. The zero-order valence-electron chi connectivity index (χ0n) is 21.1. The second-order valence-electron chi connectivity index (χ2n) is 8.98. The van der Waals surface area contributed by atoms with E-state index in [0.29, 0.717) is 25.3 Å². The third-order valence-electron chi connectivity index (χ3n) is 5.94. The second kappa shape index (κ2) is 14.9. The van der Waals surface area contributed by atoms with Crippen LogP contribution in [0.2, 0.25) is 0 Å². The van der Waals surface area contributed by atoms with E-state index in [0.717, 1.165) is 39.8 Å². The van der Waals surface area contributed by atoms with E-state index < -0.39 is 6.04 Å². The third kappa shape index (κ3) is 9.14. The van der Waals surface area contributed by atoms with Crippen molar-refractivity contribution in [3.8, 4) is 0 Å². The minimum atomic E-state index is -0.578. The quantitative estimate of drug-likeness (QED) is 0.239. The van der Waals surface area contributed by atoms with Gasteiger partial charge >= 0.3 is 0 Å². The van der Waals surface area contributed by atoms with Crippen LogP contribution in [0.3, 0.4) is 0 Å². The van der Waals surface area contributed by atoms with Gasteiger partial charge in [0.2, 0.25) is 11.8 Å². The van der Waals surface area contributed by atoms with E-state index in [9.17, 15) is 9.59 Å². The third-order valence-corrected chi connectivity index (χ3v) is 7.46. The molecular weight excluding hydrogens is 532 g/mol. The van der Waals surface area contributed by atoms with Crippen molar-refractivity contribution in [1.29, 1.82) is 0 Å². The summed E-state index contributed by atoms with van der Waals surface area (Å²) in [5, 5.41) is 3.08. The van der Waals surface area contributed by atoms with Crippen molar-refractivity contribution in [1.82, 2.24) is 10.2 Å². The molecule has 1 N–H and O–H groups in total. The summed E-state index contributed by atoms with van der Waals surface area (Å²) < 4.78 is 1.04. The maximum Gasteiger partial charge on any atom is 0.243 e. The Morgan fingerprint density at radius 3 is 2.36 bits per heavy atom. The Balaban J connectivity index is 1.82. The topological polar surface area (TPSA) is 49.4 Å². The van der Waals surface area contributed by atoms with Gasteiger partial charge in [-0.3, -0.25) is 9.59 Å². The molecule has 0 aliphatic rings. The summed E-state index contributed by atoms with van der Waals surface area (Å²) in [7, 11) is 0. The molecule has 0 bridgehead atoms. The van der Waals surface area contributed by atoms with Gasteiger partial charge in [-0.25, -0.2) is 0 Å². The van der Waals surface area contributed by atoms with Gasteiger partial charge < -0.3 is 10.2 Å². The summed E-state index contributed by atoms with van der Waals surface area (Å²) in [6.45, 7) is 5.16. The Bertz CT molecular complexity index is 1110. The number of carbonyl (C=O) groups is 2. The van der Waals surface area contributed by atoms with E-state index in [2.05, 4.69) is 46.4 Å². The molecule has 0 unspecified atom stereocenters. The fourth-order valence-electron chi connectivity index (χ4n) is 3.99. The Hall–Kier alpha value is -2.57. The number of amides is 2. The summed E-state index contributed by atoms with van der Waals surface area (Å²) in [6.07, 6.45) is 2.40. The van der Waals surface area contributed by atoms with Gasteiger partial charge in [-0.1, -0.05) is 102 Å². The summed E-state index contributed by atoms with van der Waals surface area (Å²) in [5.74, 6) is 0.940. The predicted octanol–water partition coefficient (Wildman–Crippen LogP) is 6.55. The van der Waals surface area contributed by atoms with Crippen LogP contribution in [0.25, 0.3) is 0 Å². The lowest BCUT2D eigenvalue weighted by Gasteiger charge is -2.31. The Labute approximate surface area is 228 Å². The fraction of sp³-hybridized carbons (Fsp3) is 0.333. The number of halogens is 1. The average molecular weight is 568 g/mol. The Morgan fingerprint density at radius 1 is 0.944 bits per heavy atom. The number of benzene rings is 3. The van der Waals surface area contributed by atoms with Crippen LogP contribution < -0.4 is 5.32 Å². The standard InChI is InChI=1S/C30H35BrN2O2S/c1-3-4-17-32-30(35)28(19-24-10-6-5-7-11-24)33(20-26-12-8-9-23(2)18-26)29(34)22-36-21-25-13-15-27(31)16-14-25/h5-16,18,28H,3-4,17,19-22H2,1-2H3,(H,32,35)/t28-/m0/s1. The van der Waals surface area contributed by atoms with Crippen molar-refractivity contribution in [2.75, 3.05) is 12.3 Å². The molecule has 3 aromatic carbocycles. The Morgan fingerprint density at radius 2 is 1.67 bits per heavy atom. The molecule has 0 aromatic heterocycles. The smallest absolute Gasteiger partial charge is 0.243 e. The van der Waals surface area contributed by atoms with Gasteiger partial charge in [0.25, 0.3) is 0 Å². The van der Waals surface area contributed by atoms with E-state index in [1.807, 2.05) is 67.6 Å². The van der Waals surface area contributed by atoms with E-state index >= 15 is 0 Å². The van der Waals surface area contributed by atoms with Gasteiger partial charge in [0.1, 0.15) is 6.04 Å². The SMILES string of the molecule is CCCCNC(=O)[C@H](Cc1ccccc1)N(Cc1cccc(C)c1)C(=O)CSCc1ccc(Br)cc1. The number of unbranched alkanes of at least 4 members (excludes halogenated alkanes) is 1. The van der Waals surface area contributed by atoms with Gasteiger partial charge in [0, 0.05) is 29.7 Å². The molecule has 190 valence electrons. The Kier molecular flexibility index (Phi) is 11.6. The van der Waals surface area contributed by atoms with Gasteiger partial charge in [-0.15, -0.1) is 11.8 Å². The zero-order chi connectivity index (χ0) is 25.8. The number of hydrogen-bond acceptors (Lipinski definition) is 3. The van der Waals surface area contributed by atoms with Crippen molar-refractivity contribution in [2.24, 2.45) is 0 Å². The number of rotatable bonds is 13. The first kappa shape index (κ1) is 28.0. The predicted molar refractivity (Wildman–Crippen MR) is 154 cm³/mol. The molecule has 0 saturated heterocycles. The molecule has 1 atom stereocenters. The van der Waals surface area contributed by atoms with Crippen LogP contribution >= 0.6 is 27.7 Å². The highest BCUT2D eigenvalue weighted by Gasteiger charge is 2.30. The number of thioether (sulfide) groups is 1. The summed E-state index contributed by atoms with van der Waals surface area (Å²) in [6, 6.07) is 25.7. The molecule has 0 saturated carbocycles. The number of nitrogens with zero attached hydrogens (tertiary/aromatic N) is 1. The number of carbonyl (C=O) groups excluding carboxylic acids is 2. The first-order valence-corrected chi connectivity index (χ1v) is 14.4. The van der Waals surface area contributed by atoms with Crippen LogP contribution in [0.1, 0.15) is 42.0 Å². The summed E-state index contributed by atoms with van der Waals surface area (Å²) in [5.41, 5.74) is 4.37. The molecule has 2 amide bonds. The highest BCUT2D eigenvalue weighted by Crippen LogP contribution is 2.20. The first-order chi connectivity index (χ1) is 17.5. The molecule has 4 nitrogen and oxygen atoms in total. The molecule has 0 fully saturated rings. The second-order valence-corrected chi connectivity index (χ2v) is 10.9.